The third-order valence-corrected chi connectivity index (χ3v) is 2.22. The van der Waals surface area contributed by atoms with Crippen molar-refractivity contribution >= 4 is 6.88 Å². The molecule has 0 N–H and O–H groups in total. The van der Waals surface area contributed by atoms with Gasteiger partial charge in [0.2, 0.25) is 0 Å². The Bertz CT molecular complexity index is 326. The molecular formula is C18H28SiZr-4. The van der Waals surface area contributed by atoms with Crippen LogP contribution in [-0.2, 0) is 23.3 Å². The number of allylic oxidation sites excluding steroid dienone is 8. The van der Waals surface area contributed by atoms with Crippen molar-refractivity contribution in [1.82, 2.24) is 0 Å². The Morgan fingerprint density at radius 3 is 1.30 bits per heavy atom. The normalized spacial score (nSPS) is 14.4. The van der Waals surface area contributed by atoms with E-state index in [1.165, 1.54) is 45.6 Å². The van der Waals surface area contributed by atoms with Crippen LogP contribution >= 0.6 is 0 Å². The predicted molar refractivity (Wildman–Crippen MR) is 89.4 cm³/mol. The molecule has 0 spiro atoms. The third-order valence-electron chi connectivity index (χ3n) is 2.22. The van der Waals surface area contributed by atoms with Gasteiger partial charge in [-0.3, -0.25) is 12.2 Å². The van der Waals surface area contributed by atoms with E-state index in [-0.39, 0.29) is 7.43 Å². The van der Waals surface area contributed by atoms with Gasteiger partial charge in [0.05, 0.1) is 0 Å². The summed E-state index contributed by atoms with van der Waals surface area (Å²) in [5, 5.41) is 0. The van der Waals surface area contributed by atoms with Crippen molar-refractivity contribution in [2.75, 3.05) is 0 Å². The first-order valence-corrected chi connectivity index (χ1v) is 10.7. The van der Waals surface area contributed by atoms with Crippen LogP contribution in [0.4, 0.5) is 0 Å². The summed E-state index contributed by atoms with van der Waals surface area (Å²) in [6.07, 6.45) is 13.8. The van der Waals surface area contributed by atoms with E-state index in [0.29, 0.717) is 0 Å². The molecule has 2 aliphatic carbocycles. The molecule has 0 saturated heterocycles. The Balaban J connectivity index is -0.000000213. The van der Waals surface area contributed by atoms with Crippen molar-refractivity contribution in [3.05, 3.63) is 60.9 Å². The molecule has 2 radical (unpaired) electrons. The Labute approximate surface area is 144 Å². The average molecular weight is 364 g/mol. The quantitative estimate of drug-likeness (QED) is 0.395. The Hall–Kier alpha value is 0.0600. The summed E-state index contributed by atoms with van der Waals surface area (Å²) in [7, 11) is 0. The molecule has 0 saturated carbocycles. The molecule has 0 heterocycles. The van der Waals surface area contributed by atoms with E-state index in [4.69, 9.17) is 0 Å². The van der Waals surface area contributed by atoms with Crippen molar-refractivity contribution in [1.29, 1.82) is 0 Å². The van der Waals surface area contributed by atoms with E-state index in [1.807, 2.05) is 6.92 Å². The SMILES string of the molecule is CC1=[C-]CC(C)=C1.CC1=[C-]CC(C)=C1.[CH2-]CC.[CH3-].[Si]=[Zr]. The van der Waals surface area contributed by atoms with Crippen molar-refractivity contribution in [2.24, 2.45) is 0 Å². The summed E-state index contributed by atoms with van der Waals surface area (Å²) in [6.45, 7) is 17.0. The zero-order chi connectivity index (χ0) is 15.3. The first-order chi connectivity index (χ1) is 8.99. The van der Waals surface area contributed by atoms with Gasteiger partial charge < -0.3 is 14.4 Å². The fraction of sp³-hybridized carbons (Fsp3) is 0.444. The summed E-state index contributed by atoms with van der Waals surface area (Å²) in [5.41, 5.74) is 5.44. The molecule has 0 amide bonds. The van der Waals surface area contributed by atoms with E-state index < -0.39 is 0 Å². The fourth-order valence-electron chi connectivity index (χ4n) is 1.50. The van der Waals surface area contributed by atoms with E-state index in [1.54, 1.807) is 0 Å². The molecule has 20 heavy (non-hydrogen) atoms. The Morgan fingerprint density at radius 2 is 1.25 bits per heavy atom. The maximum atomic E-state index is 3.49. The van der Waals surface area contributed by atoms with Gasteiger partial charge in [0.25, 0.3) is 0 Å². The Kier molecular flexibility index (Phi) is 21.4. The van der Waals surface area contributed by atoms with Gasteiger partial charge in [-0.25, -0.2) is 23.3 Å². The molecule has 0 aromatic rings. The molecule has 2 rings (SSSR count). The maximum absolute atomic E-state index is 3.49. The summed E-state index contributed by atoms with van der Waals surface area (Å²) in [5.74, 6) is 0. The number of hydrogen-bond donors (Lipinski definition) is 0. The van der Waals surface area contributed by atoms with Gasteiger partial charge in [-0.15, -0.1) is 12.8 Å². The van der Waals surface area contributed by atoms with Gasteiger partial charge in [-0.1, -0.05) is 34.6 Å². The van der Waals surface area contributed by atoms with E-state index in [0.717, 1.165) is 19.3 Å². The Morgan fingerprint density at radius 1 is 1.00 bits per heavy atom. The minimum absolute atomic E-state index is 0. The molecule has 0 aromatic heterocycles. The van der Waals surface area contributed by atoms with E-state index in [2.05, 4.69) is 65.8 Å². The molecule has 0 fully saturated rings. The van der Waals surface area contributed by atoms with Crippen molar-refractivity contribution < 1.29 is 23.3 Å². The van der Waals surface area contributed by atoms with Crippen LogP contribution in [0.2, 0.25) is 0 Å². The summed E-state index contributed by atoms with van der Waals surface area (Å²) in [4.78, 5) is 0. The molecule has 0 nitrogen and oxygen atoms in total. The van der Waals surface area contributed by atoms with Crippen LogP contribution in [0.1, 0.15) is 53.9 Å². The van der Waals surface area contributed by atoms with Gasteiger partial charge in [-0.2, -0.15) is 17.6 Å². The second-order valence-corrected chi connectivity index (χ2v) is 4.55. The average Bonchev–Trinajstić information content (AvgIpc) is 2.92. The predicted octanol–water partition coefficient (Wildman–Crippen LogP) is 5.47. The van der Waals surface area contributed by atoms with E-state index in [9.17, 15) is 0 Å². The van der Waals surface area contributed by atoms with Gasteiger partial charge in [0.1, 0.15) is 0 Å². The monoisotopic (exact) mass is 362 g/mol. The summed E-state index contributed by atoms with van der Waals surface area (Å²) >= 11 is 1.36. The van der Waals surface area contributed by atoms with Crippen LogP contribution in [0.3, 0.4) is 0 Å². The van der Waals surface area contributed by atoms with Crippen LogP contribution < -0.4 is 0 Å². The second kappa shape index (κ2) is 17.1. The molecule has 0 aromatic carbocycles. The van der Waals surface area contributed by atoms with Crippen LogP contribution in [0.5, 0.6) is 0 Å². The molecule has 2 heteroatoms. The minimum atomic E-state index is 0. The van der Waals surface area contributed by atoms with Gasteiger partial charge in [-0.05, 0) is 0 Å². The van der Waals surface area contributed by atoms with Gasteiger partial charge in [0.15, 0.2) is 0 Å². The first-order valence-electron chi connectivity index (χ1n) is 6.53. The molecule has 112 valence electrons. The third kappa shape index (κ3) is 16.1. The standard InChI is InChI=1S/2C7H9.C3H7.CH3.Si.Zr/c2*1-6-3-4-7(2)5-6;1-3-2;;;/h2*5H,3H2,1-2H3;1,3H2,2H3;1H3;;/q4*-1;;. The van der Waals surface area contributed by atoms with Crippen molar-refractivity contribution in [3.8, 4) is 0 Å². The molecule has 0 aliphatic heterocycles. The van der Waals surface area contributed by atoms with Crippen LogP contribution in [0.15, 0.2) is 34.4 Å². The summed E-state index contributed by atoms with van der Waals surface area (Å²) in [6, 6.07) is 0. The molecular weight excluding hydrogens is 336 g/mol. The molecule has 2 aliphatic rings. The van der Waals surface area contributed by atoms with Crippen molar-refractivity contribution in [3.63, 3.8) is 0 Å². The van der Waals surface area contributed by atoms with Crippen LogP contribution in [0.25, 0.3) is 0 Å². The van der Waals surface area contributed by atoms with Crippen molar-refractivity contribution in [2.45, 2.75) is 53.9 Å². The van der Waals surface area contributed by atoms with Gasteiger partial charge >= 0.3 is 30.2 Å². The molecule has 0 bridgehead atoms. The van der Waals surface area contributed by atoms with Crippen LogP contribution in [0, 0.1) is 26.5 Å². The zero-order valence-corrected chi connectivity index (χ0v) is 17.4. The molecule has 0 atom stereocenters. The fourth-order valence-corrected chi connectivity index (χ4v) is 1.50. The second-order valence-electron chi connectivity index (χ2n) is 4.55. The number of rotatable bonds is 0. The topological polar surface area (TPSA) is 0 Å². The van der Waals surface area contributed by atoms with Crippen LogP contribution in [-0.4, -0.2) is 6.88 Å². The zero-order valence-electron chi connectivity index (χ0n) is 14.0. The van der Waals surface area contributed by atoms with E-state index >= 15 is 0 Å². The molecule has 0 unspecified atom stereocenters. The number of hydrogen-bond acceptors (Lipinski definition) is 0. The summed E-state index contributed by atoms with van der Waals surface area (Å²) < 4.78 is 0. The van der Waals surface area contributed by atoms with Gasteiger partial charge in [0, 0.05) is 0 Å². The first kappa shape index (κ1) is 25.0.